The van der Waals surface area contributed by atoms with Crippen molar-refractivity contribution in [3.8, 4) is 0 Å². The standard InChI is InChI=1S/C28H30F2N4O4/c1-31(2)23(17-33-15-13-19-7-5-9-21(29)27(19)33)37-25(35)11-12-26(36)38-24(32(3)4)18-34-16-14-20-8-6-10-22(30)28(20)34/h5-16,23-24H,17-18H2,1-4H3/b12-11+. The quantitative estimate of drug-likeness (QED) is 0.178. The van der Waals surface area contributed by atoms with Crippen LogP contribution in [0.2, 0.25) is 0 Å². The van der Waals surface area contributed by atoms with Crippen LogP contribution in [0.1, 0.15) is 0 Å². The van der Waals surface area contributed by atoms with Crippen LogP contribution >= 0.6 is 0 Å². The molecule has 2 aromatic heterocycles. The van der Waals surface area contributed by atoms with E-state index in [0.717, 1.165) is 22.9 Å². The van der Waals surface area contributed by atoms with Crippen LogP contribution in [0.5, 0.6) is 0 Å². The van der Waals surface area contributed by atoms with Gasteiger partial charge in [-0.25, -0.2) is 18.4 Å². The highest BCUT2D eigenvalue weighted by molar-refractivity contribution is 5.91. The first-order valence-electron chi connectivity index (χ1n) is 12.0. The summed E-state index contributed by atoms with van der Waals surface area (Å²) in [4.78, 5) is 28.4. The van der Waals surface area contributed by atoms with Crippen LogP contribution in [0.3, 0.4) is 0 Å². The maximum Gasteiger partial charge on any atom is 0.332 e. The molecule has 10 heteroatoms. The molecule has 4 rings (SSSR count). The largest absolute Gasteiger partial charge is 0.441 e. The lowest BCUT2D eigenvalue weighted by Crippen LogP contribution is -2.37. The molecule has 0 saturated carbocycles. The summed E-state index contributed by atoms with van der Waals surface area (Å²) in [6.07, 6.45) is 4.00. The fraction of sp³-hybridized carbons (Fsp3) is 0.286. The van der Waals surface area contributed by atoms with E-state index in [9.17, 15) is 18.4 Å². The van der Waals surface area contributed by atoms with Crippen molar-refractivity contribution in [1.82, 2.24) is 18.9 Å². The van der Waals surface area contributed by atoms with Crippen molar-refractivity contribution in [1.29, 1.82) is 0 Å². The van der Waals surface area contributed by atoms with Gasteiger partial charge in [0.1, 0.15) is 11.6 Å². The Morgan fingerprint density at radius 3 is 1.50 bits per heavy atom. The molecular formula is C28H30F2N4O4. The second-order valence-electron chi connectivity index (χ2n) is 9.34. The summed E-state index contributed by atoms with van der Waals surface area (Å²) in [5, 5.41) is 1.48. The second kappa shape index (κ2) is 11.6. The Balaban J connectivity index is 1.39. The molecule has 2 atom stereocenters. The van der Waals surface area contributed by atoms with Crippen molar-refractivity contribution in [3.63, 3.8) is 0 Å². The minimum Gasteiger partial charge on any atom is -0.441 e. The molecule has 38 heavy (non-hydrogen) atoms. The van der Waals surface area contributed by atoms with E-state index < -0.39 is 24.4 Å². The Hall–Kier alpha value is -4.02. The zero-order valence-corrected chi connectivity index (χ0v) is 21.7. The average Bonchev–Trinajstić information content (AvgIpc) is 3.47. The summed E-state index contributed by atoms with van der Waals surface area (Å²) in [7, 11) is 6.92. The Morgan fingerprint density at radius 2 is 1.13 bits per heavy atom. The maximum absolute atomic E-state index is 14.4. The van der Waals surface area contributed by atoms with Gasteiger partial charge in [-0.15, -0.1) is 0 Å². The van der Waals surface area contributed by atoms with E-state index in [0.29, 0.717) is 11.0 Å². The smallest absolute Gasteiger partial charge is 0.332 e. The molecule has 0 aliphatic carbocycles. The molecule has 0 spiro atoms. The Kier molecular flexibility index (Phi) is 8.23. The van der Waals surface area contributed by atoms with Crippen LogP contribution in [0.25, 0.3) is 21.8 Å². The number of esters is 2. The number of aromatic nitrogens is 2. The first kappa shape index (κ1) is 27.0. The van der Waals surface area contributed by atoms with Crippen molar-refractivity contribution in [3.05, 3.63) is 84.7 Å². The fourth-order valence-corrected chi connectivity index (χ4v) is 4.16. The molecule has 2 unspecified atom stereocenters. The number of carbonyl (C=O) groups is 2. The molecule has 0 saturated heterocycles. The van der Waals surface area contributed by atoms with E-state index >= 15 is 0 Å². The van der Waals surface area contributed by atoms with Crippen LogP contribution < -0.4 is 0 Å². The number of hydrogen-bond acceptors (Lipinski definition) is 6. The third-order valence-electron chi connectivity index (χ3n) is 6.20. The molecule has 0 aliphatic heterocycles. The number of para-hydroxylation sites is 2. The Bertz CT molecular complexity index is 1360. The van der Waals surface area contributed by atoms with Gasteiger partial charge in [-0.05, 0) is 52.5 Å². The summed E-state index contributed by atoms with van der Waals surface area (Å²) in [6.45, 7) is 0.372. The summed E-state index contributed by atoms with van der Waals surface area (Å²) in [6, 6.07) is 13.2. The van der Waals surface area contributed by atoms with Gasteiger partial charge in [-0.2, -0.15) is 0 Å². The van der Waals surface area contributed by atoms with Crippen molar-refractivity contribution >= 4 is 33.7 Å². The van der Waals surface area contributed by atoms with Gasteiger partial charge in [0.15, 0.2) is 12.5 Å². The third kappa shape index (κ3) is 6.09. The van der Waals surface area contributed by atoms with Crippen LogP contribution in [0.4, 0.5) is 8.78 Å². The van der Waals surface area contributed by atoms with Crippen molar-refractivity contribution in [2.24, 2.45) is 0 Å². The summed E-state index contributed by atoms with van der Waals surface area (Å²) < 4.78 is 43.1. The molecule has 200 valence electrons. The molecule has 0 N–H and O–H groups in total. The minimum absolute atomic E-state index is 0.186. The molecule has 0 fully saturated rings. The van der Waals surface area contributed by atoms with Crippen molar-refractivity contribution in [2.75, 3.05) is 28.2 Å². The van der Waals surface area contributed by atoms with Gasteiger partial charge in [-0.3, -0.25) is 9.80 Å². The van der Waals surface area contributed by atoms with E-state index in [1.165, 1.54) is 12.1 Å². The number of rotatable bonds is 10. The summed E-state index contributed by atoms with van der Waals surface area (Å²) >= 11 is 0. The van der Waals surface area contributed by atoms with Crippen molar-refractivity contribution in [2.45, 2.75) is 25.5 Å². The van der Waals surface area contributed by atoms with Gasteiger partial charge >= 0.3 is 11.9 Å². The van der Waals surface area contributed by atoms with E-state index in [4.69, 9.17) is 9.47 Å². The topological polar surface area (TPSA) is 68.9 Å². The monoisotopic (exact) mass is 524 g/mol. The SMILES string of the molecule is CN(C)C(Cn1ccc2cccc(F)c21)OC(=O)/C=C/C(=O)OC(Cn1ccc2cccc(F)c21)N(C)C. The number of nitrogens with zero attached hydrogens (tertiary/aromatic N) is 4. The lowest BCUT2D eigenvalue weighted by molar-refractivity contribution is -0.154. The number of likely N-dealkylation sites (N-methyl/N-ethyl adjacent to an activating group) is 2. The summed E-state index contributed by atoms with van der Waals surface area (Å²) in [5.74, 6) is -2.25. The van der Waals surface area contributed by atoms with E-state index in [2.05, 4.69) is 0 Å². The normalized spacial score (nSPS) is 13.6. The zero-order chi connectivity index (χ0) is 27.4. The number of ether oxygens (including phenoxy) is 2. The number of halogens is 2. The second-order valence-corrected chi connectivity index (χ2v) is 9.34. The third-order valence-corrected chi connectivity index (χ3v) is 6.20. The molecule has 2 heterocycles. The minimum atomic E-state index is -0.752. The van der Waals surface area contributed by atoms with Crippen LogP contribution in [-0.4, -0.2) is 71.5 Å². The molecule has 0 bridgehead atoms. The van der Waals surface area contributed by atoms with E-state index in [1.807, 2.05) is 0 Å². The van der Waals surface area contributed by atoms with E-state index in [1.54, 1.807) is 95.9 Å². The van der Waals surface area contributed by atoms with Crippen molar-refractivity contribution < 1.29 is 27.8 Å². The van der Waals surface area contributed by atoms with Gasteiger partial charge in [-0.1, -0.05) is 24.3 Å². The van der Waals surface area contributed by atoms with Gasteiger partial charge in [0, 0.05) is 35.3 Å². The highest BCUT2D eigenvalue weighted by Gasteiger charge is 2.20. The maximum atomic E-state index is 14.4. The van der Waals surface area contributed by atoms with Gasteiger partial charge in [0.05, 0.1) is 24.1 Å². The first-order chi connectivity index (χ1) is 18.1. The molecular weight excluding hydrogens is 494 g/mol. The summed E-state index contributed by atoms with van der Waals surface area (Å²) in [5.41, 5.74) is 0.833. The van der Waals surface area contributed by atoms with Gasteiger partial charge in [0.2, 0.25) is 0 Å². The Morgan fingerprint density at radius 1 is 0.737 bits per heavy atom. The number of benzene rings is 2. The number of fused-ring (bicyclic) bond motifs is 2. The van der Waals surface area contributed by atoms with Gasteiger partial charge < -0.3 is 18.6 Å². The Labute approximate surface area is 219 Å². The molecule has 8 nitrogen and oxygen atoms in total. The lowest BCUT2D eigenvalue weighted by Gasteiger charge is -2.25. The van der Waals surface area contributed by atoms with Crippen LogP contribution in [0.15, 0.2) is 73.1 Å². The molecule has 0 amide bonds. The number of carbonyl (C=O) groups excluding carboxylic acids is 2. The van der Waals surface area contributed by atoms with Crippen LogP contribution in [0, 0.1) is 11.6 Å². The predicted molar refractivity (Wildman–Crippen MR) is 140 cm³/mol. The molecule has 2 aromatic carbocycles. The van der Waals surface area contributed by atoms with E-state index in [-0.39, 0.29) is 24.7 Å². The number of hydrogen-bond donors (Lipinski definition) is 0. The predicted octanol–water partition coefficient (Wildman–Crippen LogP) is 3.99. The van der Waals surface area contributed by atoms with Crippen LogP contribution in [-0.2, 0) is 32.2 Å². The first-order valence-corrected chi connectivity index (χ1v) is 12.0. The highest BCUT2D eigenvalue weighted by atomic mass is 19.1. The van der Waals surface area contributed by atoms with Gasteiger partial charge in [0.25, 0.3) is 0 Å². The highest BCUT2D eigenvalue weighted by Crippen LogP contribution is 2.21. The zero-order valence-electron chi connectivity index (χ0n) is 21.7. The average molecular weight is 525 g/mol. The molecule has 0 aliphatic rings. The lowest BCUT2D eigenvalue weighted by atomic mass is 10.2. The molecule has 0 radical (unpaired) electrons. The molecule has 4 aromatic rings. The fourth-order valence-electron chi connectivity index (χ4n) is 4.16.